The minimum atomic E-state index is -0.896. The summed E-state index contributed by atoms with van der Waals surface area (Å²) in [6.07, 6.45) is -0.896. The van der Waals surface area contributed by atoms with Crippen LogP contribution in [0.3, 0.4) is 0 Å². The molecule has 1 amide bonds. The van der Waals surface area contributed by atoms with Gasteiger partial charge in [0.1, 0.15) is 10.8 Å². The van der Waals surface area contributed by atoms with E-state index in [1.807, 2.05) is 30.3 Å². The van der Waals surface area contributed by atoms with E-state index in [1.165, 1.54) is 17.4 Å². The summed E-state index contributed by atoms with van der Waals surface area (Å²) in [7, 11) is 0. The highest BCUT2D eigenvalue weighted by molar-refractivity contribution is 7.80. The Kier molecular flexibility index (Phi) is 9.12. The Labute approximate surface area is 216 Å². The Hall–Kier alpha value is -2.85. The quantitative estimate of drug-likeness (QED) is 0.203. The van der Waals surface area contributed by atoms with E-state index in [1.54, 1.807) is 32.0 Å². The number of carbonyl (C=O) groups excluding carboxylic acids is 2. The third-order valence-corrected chi connectivity index (χ3v) is 6.23. The van der Waals surface area contributed by atoms with Crippen LogP contribution in [0.4, 0.5) is 5.00 Å². The summed E-state index contributed by atoms with van der Waals surface area (Å²) in [5.41, 5.74) is 6.36. The lowest BCUT2D eigenvalue weighted by atomic mass is 10.1. The van der Waals surface area contributed by atoms with Crippen LogP contribution in [-0.2, 0) is 9.53 Å². The number of thiophene rings is 1. The topological polar surface area (TPSA) is 88.7 Å². The van der Waals surface area contributed by atoms with Crippen LogP contribution in [0.1, 0.15) is 24.2 Å². The Bertz CT molecular complexity index is 1190. The highest BCUT2D eigenvalue weighted by atomic mass is 35.5. The standard InChI is InChI=1S/C23H21Cl2N3O4S2/c1-3-31-22(30)16-12-19(14-7-5-4-6-8-14)34-21(16)26-23(33)28-27-20(29)13(2)32-18-11-15(24)9-10-17(18)25/h4-13H,3H2,1-2H3,(H,27,29)(H2,26,28,33). The second-order valence-corrected chi connectivity index (χ2v) is 9.15. The zero-order chi connectivity index (χ0) is 24.7. The maximum Gasteiger partial charge on any atom is 0.341 e. The van der Waals surface area contributed by atoms with Gasteiger partial charge in [0, 0.05) is 16.0 Å². The van der Waals surface area contributed by atoms with Gasteiger partial charge in [-0.2, -0.15) is 0 Å². The van der Waals surface area contributed by atoms with Gasteiger partial charge in [0.05, 0.1) is 17.2 Å². The number of halogens is 2. The molecule has 1 atom stereocenters. The number of thiocarbonyl (C=S) groups is 1. The molecule has 3 N–H and O–H groups in total. The number of esters is 1. The van der Waals surface area contributed by atoms with E-state index in [-0.39, 0.29) is 17.5 Å². The summed E-state index contributed by atoms with van der Waals surface area (Å²) < 4.78 is 10.7. The normalized spacial score (nSPS) is 11.3. The van der Waals surface area contributed by atoms with E-state index in [9.17, 15) is 9.59 Å². The largest absolute Gasteiger partial charge is 0.479 e. The van der Waals surface area contributed by atoms with E-state index in [0.717, 1.165) is 10.4 Å². The first-order valence-electron chi connectivity index (χ1n) is 10.1. The highest BCUT2D eigenvalue weighted by Gasteiger charge is 2.20. The molecule has 0 aliphatic heterocycles. The highest BCUT2D eigenvalue weighted by Crippen LogP contribution is 2.36. The lowest BCUT2D eigenvalue weighted by Gasteiger charge is -2.17. The van der Waals surface area contributed by atoms with Gasteiger partial charge in [-0.15, -0.1) is 11.3 Å². The number of ether oxygens (including phenoxy) is 2. The van der Waals surface area contributed by atoms with Crippen molar-refractivity contribution in [1.29, 1.82) is 0 Å². The average molecular weight is 538 g/mol. The first kappa shape index (κ1) is 25.8. The number of hydrogen-bond acceptors (Lipinski definition) is 6. The predicted octanol–water partition coefficient (Wildman–Crippen LogP) is 5.68. The van der Waals surface area contributed by atoms with Crippen LogP contribution < -0.4 is 20.9 Å². The van der Waals surface area contributed by atoms with Gasteiger partial charge < -0.3 is 14.8 Å². The molecule has 1 heterocycles. The van der Waals surface area contributed by atoms with E-state index in [0.29, 0.717) is 20.6 Å². The second kappa shape index (κ2) is 12.0. The van der Waals surface area contributed by atoms with Crippen LogP contribution >= 0.6 is 46.8 Å². The Morgan fingerprint density at radius 2 is 1.82 bits per heavy atom. The number of anilines is 1. The van der Waals surface area contributed by atoms with Gasteiger partial charge in [-0.05, 0) is 49.8 Å². The van der Waals surface area contributed by atoms with Crippen LogP contribution in [0.25, 0.3) is 10.4 Å². The molecule has 0 fully saturated rings. The van der Waals surface area contributed by atoms with Crippen molar-refractivity contribution in [2.75, 3.05) is 11.9 Å². The van der Waals surface area contributed by atoms with Gasteiger partial charge in [0.2, 0.25) is 0 Å². The van der Waals surface area contributed by atoms with Crippen molar-refractivity contribution in [2.45, 2.75) is 20.0 Å². The number of rotatable bonds is 7. The van der Waals surface area contributed by atoms with Crippen LogP contribution in [0.2, 0.25) is 10.0 Å². The Balaban J connectivity index is 1.64. The summed E-state index contributed by atoms with van der Waals surface area (Å²) in [4.78, 5) is 25.7. The first-order valence-corrected chi connectivity index (χ1v) is 12.1. The molecule has 11 heteroatoms. The van der Waals surface area contributed by atoms with Gasteiger partial charge in [0.15, 0.2) is 11.2 Å². The smallest absolute Gasteiger partial charge is 0.341 e. The fourth-order valence-corrected chi connectivity index (χ4v) is 4.35. The van der Waals surface area contributed by atoms with E-state index in [2.05, 4.69) is 16.2 Å². The zero-order valence-corrected chi connectivity index (χ0v) is 21.3. The molecule has 34 heavy (non-hydrogen) atoms. The van der Waals surface area contributed by atoms with Gasteiger partial charge >= 0.3 is 5.97 Å². The predicted molar refractivity (Wildman–Crippen MR) is 140 cm³/mol. The van der Waals surface area contributed by atoms with Crippen molar-refractivity contribution < 1.29 is 19.1 Å². The minimum Gasteiger partial charge on any atom is -0.479 e. The number of benzene rings is 2. The molecular formula is C23H21Cl2N3O4S2. The van der Waals surface area contributed by atoms with Crippen molar-refractivity contribution in [1.82, 2.24) is 10.9 Å². The molecule has 0 spiro atoms. The molecule has 7 nitrogen and oxygen atoms in total. The second-order valence-electron chi connectivity index (χ2n) is 6.84. The van der Waals surface area contributed by atoms with Crippen LogP contribution in [0.5, 0.6) is 5.75 Å². The monoisotopic (exact) mass is 537 g/mol. The zero-order valence-electron chi connectivity index (χ0n) is 18.2. The van der Waals surface area contributed by atoms with Crippen molar-refractivity contribution in [3.8, 4) is 16.2 Å². The fourth-order valence-electron chi connectivity index (χ4n) is 2.75. The fraction of sp³-hybridized carbons (Fsp3) is 0.174. The third-order valence-electron chi connectivity index (χ3n) is 4.38. The molecule has 178 valence electrons. The molecule has 1 unspecified atom stereocenters. The maximum atomic E-state index is 12.4. The maximum absolute atomic E-state index is 12.4. The number of hydrazine groups is 1. The van der Waals surface area contributed by atoms with Gasteiger partial charge in [-0.3, -0.25) is 15.6 Å². The molecule has 1 aromatic heterocycles. The molecule has 0 saturated carbocycles. The number of carbonyl (C=O) groups is 2. The summed E-state index contributed by atoms with van der Waals surface area (Å²) in [6, 6.07) is 16.1. The van der Waals surface area contributed by atoms with Crippen LogP contribution in [0, 0.1) is 0 Å². The minimum absolute atomic E-state index is 0.0772. The van der Waals surface area contributed by atoms with Crippen molar-refractivity contribution in [2.24, 2.45) is 0 Å². The van der Waals surface area contributed by atoms with E-state index in [4.69, 9.17) is 44.9 Å². The molecule has 0 bridgehead atoms. The number of amides is 1. The molecule has 0 radical (unpaired) electrons. The molecule has 2 aromatic carbocycles. The van der Waals surface area contributed by atoms with Crippen molar-refractivity contribution in [3.63, 3.8) is 0 Å². The van der Waals surface area contributed by atoms with E-state index >= 15 is 0 Å². The molecule has 0 aliphatic rings. The first-order chi connectivity index (χ1) is 16.3. The van der Waals surface area contributed by atoms with Crippen LogP contribution in [0.15, 0.2) is 54.6 Å². The summed E-state index contributed by atoms with van der Waals surface area (Å²) in [6.45, 7) is 3.52. The molecule has 3 aromatic rings. The lowest BCUT2D eigenvalue weighted by Crippen LogP contribution is -2.48. The molecule has 0 saturated heterocycles. The summed E-state index contributed by atoms with van der Waals surface area (Å²) >= 11 is 18.6. The Morgan fingerprint density at radius 3 is 2.53 bits per heavy atom. The van der Waals surface area contributed by atoms with Crippen molar-refractivity contribution in [3.05, 3.63) is 70.2 Å². The van der Waals surface area contributed by atoms with Crippen molar-refractivity contribution >= 4 is 68.7 Å². The molecule has 3 rings (SSSR count). The molecule has 0 aliphatic carbocycles. The third kappa shape index (κ3) is 6.83. The molecular weight excluding hydrogens is 517 g/mol. The lowest BCUT2D eigenvalue weighted by molar-refractivity contribution is -0.127. The SMILES string of the molecule is CCOC(=O)c1cc(-c2ccccc2)sc1NC(=S)NNC(=O)C(C)Oc1cc(Cl)ccc1Cl. The van der Waals surface area contributed by atoms with E-state index < -0.39 is 18.0 Å². The van der Waals surface area contributed by atoms with Crippen LogP contribution in [-0.4, -0.2) is 29.7 Å². The van der Waals surface area contributed by atoms with Gasteiger partial charge in [-0.25, -0.2) is 4.79 Å². The van der Waals surface area contributed by atoms with Gasteiger partial charge in [0.25, 0.3) is 5.91 Å². The van der Waals surface area contributed by atoms with Gasteiger partial charge in [-0.1, -0.05) is 53.5 Å². The average Bonchev–Trinajstić information content (AvgIpc) is 3.24. The number of hydrogen-bond donors (Lipinski definition) is 3. The number of nitrogens with one attached hydrogen (secondary N) is 3. The Morgan fingerprint density at radius 1 is 1.09 bits per heavy atom. The summed E-state index contributed by atoms with van der Waals surface area (Å²) in [5, 5.41) is 4.26. The summed E-state index contributed by atoms with van der Waals surface area (Å²) in [5.74, 6) is -0.693.